The highest BCUT2D eigenvalue weighted by molar-refractivity contribution is 5.28. The molecule has 3 nitrogen and oxygen atoms in total. The van der Waals surface area contributed by atoms with Crippen molar-refractivity contribution in [3.8, 4) is 5.75 Å². The van der Waals surface area contributed by atoms with Gasteiger partial charge in [-0.25, -0.2) is 4.98 Å². The van der Waals surface area contributed by atoms with E-state index in [-0.39, 0.29) is 6.61 Å². The van der Waals surface area contributed by atoms with Crippen LogP contribution in [0.3, 0.4) is 0 Å². The number of nitrogens with zero attached hydrogens (tertiary/aromatic N) is 1. The van der Waals surface area contributed by atoms with Crippen LogP contribution in [-0.2, 0) is 12.8 Å². The Balaban J connectivity index is 1.99. The quantitative estimate of drug-likeness (QED) is 0.829. The maximum atomic E-state index is 12.3. The fourth-order valence-corrected chi connectivity index (χ4v) is 1.21. The Morgan fingerprint density at radius 2 is 1.88 bits per heavy atom. The molecule has 0 saturated heterocycles. The van der Waals surface area contributed by atoms with Crippen molar-refractivity contribution in [2.75, 3.05) is 0 Å². The number of hydrogen-bond acceptors (Lipinski definition) is 3. The van der Waals surface area contributed by atoms with Crippen LogP contribution in [0, 0.1) is 0 Å². The Bertz CT molecular complexity index is 462. The van der Waals surface area contributed by atoms with Crippen molar-refractivity contribution in [2.24, 2.45) is 0 Å². The molecule has 0 aliphatic carbocycles. The number of aromatic nitrogens is 1. The minimum atomic E-state index is -4.33. The van der Waals surface area contributed by atoms with Gasteiger partial charge in [-0.1, -0.05) is 0 Å². The lowest BCUT2D eigenvalue weighted by atomic mass is 10.2. The van der Waals surface area contributed by atoms with Gasteiger partial charge in [-0.15, -0.1) is 0 Å². The number of alkyl halides is 3. The molecular formula is C11H8F3NO2. The molecule has 0 spiro atoms. The van der Waals surface area contributed by atoms with E-state index in [4.69, 9.17) is 9.15 Å². The third-order valence-corrected chi connectivity index (χ3v) is 2.05. The molecule has 0 bridgehead atoms. The lowest BCUT2D eigenvalue weighted by molar-refractivity contribution is -0.137. The van der Waals surface area contributed by atoms with E-state index >= 15 is 0 Å². The maximum Gasteiger partial charge on any atom is 0.416 e. The van der Waals surface area contributed by atoms with Crippen LogP contribution in [0.25, 0.3) is 0 Å². The summed E-state index contributed by atoms with van der Waals surface area (Å²) in [5.74, 6) is 0.348. The first-order chi connectivity index (χ1) is 8.05. The standard InChI is InChI=1S/C11H8F3NO2/c12-11(13,14)8-1-3-10(4-2-8)17-6-9-5-16-7-15-9/h1-5,7H,6H2. The second-order valence-electron chi connectivity index (χ2n) is 3.29. The van der Waals surface area contributed by atoms with E-state index in [9.17, 15) is 13.2 Å². The molecule has 2 rings (SSSR count). The van der Waals surface area contributed by atoms with Crippen molar-refractivity contribution < 1.29 is 22.3 Å². The lowest BCUT2D eigenvalue weighted by Gasteiger charge is -2.08. The highest BCUT2D eigenvalue weighted by atomic mass is 19.4. The largest absolute Gasteiger partial charge is 0.487 e. The molecule has 1 aromatic heterocycles. The van der Waals surface area contributed by atoms with Gasteiger partial charge < -0.3 is 9.15 Å². The molecule has 0 aliphatic heterocycles. The van der Waals surface area contributed by atoms with Crippen LogP contribution in [0.1, 0.15) is 11.3 Å². The average molecular weight is 243 g/mol. The van der Waals surface area contributed by atoms with Crippen molar-refractivity contribution in [3.05, 3.63) is 48.2 Å². The molecular weight excluding hydrogens is 235 g/mol. The fourth-order valence-electron chi connectivity index (χ4n) is 1.21. The minimum Gasteiger partial charge on any atom is -0.487 e. The van der Waals surface area contributed by atoms with Gasteiger partial charge in [0.15, 0.2) is 6.39 Å². The number of halogens is 3. The zero-order chi connectivity index (χ0) is 12.3. The van der Waals surface area contributed by atoms with E-state index in [1.807, 2.05) is 0 Å². The molecule has 1 heterocycles. The molecule has 2 aromatic rings. The van der Waals surface area contributed by atoms with Gasteiger partial charge in [-0.2, -0.15) is 13.2 Å². The highest BCUT2D eigenvalue weighted by Gasteiger charge is 2.29. The number of hydrogen-bond donors (Lipinski definition) is 0. The van der Waals surface area contributed by atoms with Crippen LogP contribution < -0.4 is 4.74 Å². The third-order valence-electron chi connectivity index (χ3n) is 2.05. The van der Waals surface area contributed by atoms with E-state index in [1.165, 1.54) is 24.8 Å². The molecule has 0 aliphatic rings. The third kappa shape index (κ3) is 2.99. The predicted octanol–water partition coefficient (Wildman–Crippen LogP) is 3.27. The van der Waals surface area contributed by atoms with Crippen LogP contribution >= 0.6 is 0 Å². The molecule has 0 saturated carbocycles. The molecule has 0 radical (unpaired) electrons. The zero-order valence-electron chi connectivity index (χ0n) is 8.57. The first kappa shape index (κ1) is 11.5. The molecule has 0 N–H and O–H groups in total. The van der Waals surface area contributed by atoms with Crippen LogP contribution in [0.2, 0.25) is 0 Å². The molecule has 6 heteroatoms. The Labute approximate surface area is 94.8 Å². The van der Waals surface area contributed by atoms with Crippen molar-refractivity contribution in [3.63, 3.8) is 0 Å². The number of oxazole rings is 1. The second kappa shape index (κ2) is 4.48. The van der Waals surface area contributed by atoms with Crippen LogP contribution in [0.15, 0.2) is 41.3 Å². The van der Waals surface area contributed by atoms with Crippen molar-refractivity contribution in [1.29, 1.82) is 0 Å². The van der Waals surface area contributed by atoms with Crippen LogP contribution in [0.5, 0.6) is 5.75 Å². The van der Waals surface area contributed by atoms with Gasteiger partial charge in [0, 0.05) is 0 Å². The molecule has 0 fully saturated rings. The Morgan fingerprint density at radius 3 is 2.41 bits per heavy atom. The summed E-state index contributed by atoms with van der Waals surface area (Å²) in [6.45, 7) is 0.155. The van der Waals surface area contributed by atoms with Gasteiger partial charge in [-0.3, -0.25) is 0 Å². The van der Waals surface area contributed by atoms with Crippen molar-refractivity contribution in [1.82, 2.24) is 4.98 Å². The Morgan fingerprint density at radius 1 is 1.18 bits per heavy atom. The second-order valence-corrected chi connectivity index (χ2v) is 3.29. The monoisotopic (exact) mass is 243 g/mol. The smallest absolute Gasteiger partial charge is 0.416 e. The first-order valence-corrected chi connectivity index (χ1v) is 4.73. The normalized spacial score (nSPS) is 11.5. The summed E-state index contributed by atoms with van der Waals surface area (Å²) < 4.78 is 46.8. The Hall–Kier alpha value is -1.98. The maximum absolute atomic E-state index is 12.3. The summed E-state index contributed by atoms with van der Waals surface area (Å²) in [5, 5.41) is 0. The van der Waals surface area contributed by atoms with E-state index in [2.05, 4.69) is 4.98 Å². The van der Waals surface area contributed by atoms with Crippen molar-refractivity contribution >= 4 is 0 Å². The SMILES string of the molecule is FC(F)(F)c1ccc(OCc2cocn2)cc1. The lowest BCUT2D eigenvalue weighted by Crippen LogP contribution is -2.04. The highest BCUT2D eigenvalue weighted by Crippen LogP contribution is 2.30. The summed E-state index contributed by atoms with van der Waals surface area (Å²) in [5.41, 5.74) is -0.129. The average Bonchev–Trinajstić information content (AvgIpc) is 2.78. The topological polar surface area (TPSA) is 35.3 Å². The predicted molar refractivity (Wildman–Crippen MR) is 52.3 cm³/mol. The fraction of sp³-hybridized carbons (Fsp3) is 0.182. The Kier molecular flexibility index (Phi) is 3.03. The molecule has 0 unspecified atom stereocenters. The van der Waals surface area contributed by atoms with E-state index in [1.54, 1.807) is 0 Å². The van der Waals surface area contributed by atoms with Gasteiger partial charge in [0.1, 0.15) is 24.3 Å². The van der Waals surface area contributed by atoms with Gasteiger partial charge in [-0.05, 0) is 24.3 Å². The molecule has 17 heavy (non-hydrogen) atoms. The zero-order valence-corrected chi connectivity index (χ0v) is 8.57. The van der Waals surface area contributed by atoms with Gasteiger partial charge >= 0.3 is 6.18 Å². The van der Waals surface area contributed by atoms with Gasteiger partial charge in [0.2, 0.25) is 0 Å². The molecule has 90 valence electrons. The van der Waals surface area contributed by atoms with E-state index in [0.717, 1.165) is 12.1 Å². The van der Waals surface area contributed by atoms with Crippen molar-refractivity contribution in [2.45, 2.75) is 12.8 Å². The van der Waals surface area contributed by atoms with Crippen LogP contribution in [0.4, 0.5) is 13.2 Å². The number of ether oxygens (including phenoxy) is 1. The summed E-state index contributed by atoms with van der Waals surface area (Å²) in [7, 11) is 0. The molecule has 1 aromatic carbocycles. The number of benzene rings is 1. The minimum absolute atomic E-state index is 0.155. The summed E-state index contributed by atoms with van der Waals surface area (Å²) in [6, 6.07) is 4.47. The first-order valence-electron chi connectivity index (χ1n) is 4.73. The summed E-state index contributed by atoms with van der Waals surface area (Å²) >= 11 is 0. The molecule has 0 atom stereocenters. The van der Waals surface area contributed by atoms with E-state index < -0.39 is 11.7 Å². The summed E-state index contributed by atoms with van der Waals surface area (Å²) in [6.07, 6.45) is -1.67. The van der Waals surface area contributed by atoms with Gasteiger partial charge in [0.05, 0.1) is 5.56 Å². The van der Waals surface area contributed by atoms with Crippen LogP contribution in [-0.4, -0.2) is 4.98 Å². The molecule has 0 amide bonds. The van der Waals surface area contributed by atoms with E-state index in [0.29, 0.717) is 11.4 Å². The summed E-state index contributed by atoms with van der Waals surface area (Å²) in [4.78, 5) is 3.82. The number of rotatable bonds is 3. The van der Waals surface area contributed by atoms with Gasteiger partial charge in [0.25, 0.3) is 0 Å².